The van der Waals surface area contributed by atoms with Gasteiger partial charge >= 0.3 is 5.97 Å². The van der Waals surface area contributed by atoms with E-state index in [1.165, 1.54) is 12.1 Å². The van der Waals surface area contributed by atoms with Crippen LogP contribution < -0.4 is 4.74 Å². The maximum absolute atomic E-state index is 11.6. The number of rotatable bonds is 5. The molecule has 0 bridgehead atoms. The zero-order chi connectivity index (χ0) is 16.1. The Morgan fingerprint density at radius 2 is 1.95 bits per heavy atom. The molecule has 0 amide bonds. The van der Waals surface area contributed by atoms with Gasteiger partial charge in [0, 0.05) is 5.56 Å². The van der Waals surface area contributed by atoms with E-state index in [-0.39, 0.29) is 11.3 Å². The molecule has 0 aliphatic heterocycles. The summed E-state index contributed by atoms with van der Waals surface area (Å²) < 4.78 is 5.41. The van der Waals surface area contributed by atoms with E-state index in [0.717, 1.165) is 5.56 Å². The molecule has 0 unspecified atom stereocenters. The summed E-state index contributed by atoms with van der Waals surface area (Å²) in [4.78, 5) is 11.6. The number of carboxylic acid groups (broad SMARTS) is 1. The third-order valence-electron chi connectivity index (χ3n) is 3.27. The Bertz CT molecular complexity index is 717. The molecule has 0 spiro atoms. The van der Waals surface area contributed by atoms with E-state index in [4.69, 9.17) is 4.74 Å². The fraction of sp³-hybridized carbons (Fsp3) is 0.167. The number of aromatic hydroxyl groups is 1. The number of ether oxygens (including phenoxy) is 1. The van der Waals surface area contributed by atoms with Gasteiger partial charge in [-0.05, 0) is 49.2 Å². The summed E-state index contributed by atoms with van der Waals surface area (Å²) in [6.45, 7) is 4.28. The molecule has 0 fully saturated rings. The van der Waals surface area contributed by atoms with Gasteiger partial charge in [0.25, 0.3) is 0 Å². The van der Waals surface area contributed by atoms with Crippen LogP contribution in [0, 0.1) is 6.92 Å². The van der Waals surface area contributed by atoms with Crippen molar-refractivity contribution in [3.63, 3.8) is 0 Å². The number of aliphatic carboxylic acids is 1. The first kappa shape index (κ1) is 15.6. The summed E-state index contributed by atoms with van der Waals surface area (Å²) in [5.41, 5.74) is 1.99. The van der Waals surface area contributed by atoms with Gasteiger partial charge in [-0.3, -0.25) is 0 Å². The van der Waals surface area contributed by atoms with Crippen molar-refractivity contribution in [1.29, 1.82) is 0 Å². The number of phenols is 1. The lowest BCUT2D eigenvalue weighted by Gasteiger charge is -2.10. The molecular weight excluding hydrogens is 280 g/mol. The minimum Gasteiger partial charge on any atom is -0.507 e. The van der Waals surface area contributed by atoms with Crippen LogP contribution >= 0.6 is 0 Å². The molecule has 0 atom stereocenters. The van der Waals surface area contributed by atoms with Crippen LogP contribution in [0.4, 0.5) is 0 Å². The van der Waals surface area contributed by atoms with Gasteiger partial charge in [0.15, 0.2) is 0 Å². The molecule has 0 heterocycles. The van der Waals surface area contributed by atoms with Gasteiger partial charge < -0.3 is 14.9 Å². The molecule has 0 saturated carbocycles. The van der Waals surface area contributed by atoms with Gasteiger partial charge in [-0.15, -0.1) is 0 Å². The molecule has 4 nitrogen and oxygen atoms in total. The normalized spacial score (nSPS) is 11.3. The second-order valence-corrected chi connectivity index (χ2v) is 4.83. The standard InChI is InChI=1S/C18H18O4/c1-3-22-14-8-9-15(12(2)10-14)16(18(20)21)11-13-6-4-5-7-17(13)19/h4-11,19H,3H2,1-2H3,(H,20,21)/b16-11-. The van der Waals surface area contributed by atoms with E-state index in [0.29, 0.717) is 23.5 Å². The minimum absolute atomic E-state index is 0.0461. The van der Waals surface area contributed by atoms with Gasteiger partial charge in [-0.2, -0.15) is 0 Å². The Kier molecular flexibility index (Phi) is 4.84. The van der Waals surface area contributed by atoms with Gasteiger partial charge in [0.1, 0.15) is 11.5 Å². The lowest BCUT2D eigenvalue weighted by atomic mass is 9.98. The minimum atomic E-state index is -1.05. The quantitative estimate of drug-likeness (QED) is 0.652. The number of hydrogen-bond donors (Lipinski definition) is 2. The lowest BCUT2D eigenvalue weighted by Crippen LogP contribution is -2.02. The largest absolute Gasteiger partial charge is 0.507 e. The van der Waals surface area contributed by atoms with Crippen LogP contribution in [0.2, 0.25) is 0 Å². The van der Waals surface area contributed by atoms with Gasteiger partial charge in [0.2, 0.25) is 0 Å². The Morgan fingerprint density at radius 1 is 1.23 bits per heavy atom. The van der Waals surface area contributed by atoms with Gasteiger partial charge in [-0.1, -0.05) is 24.3 Å². The molecular formula is C18H18O4. The molecule has 0 aromatic heterocycles. The topological polar surface area (TPSA) is 66.8 Å². The molecule has 2 aromatic carbocycles. The molecule has 4 heteroatoms. The third kappa shape index (κ3) is 3.47. The maximum atomic E-state index is 11.6. The van der Waals surface area contributed by atoms with Crippen LogP contribution in [0.5, 0.6) is 11.5 Å². The average Bonchev–Trinajstić information content (AvgIpc) is 2.47. The van der Waals surface area contributed by atoms with E-state index >= 15 is 0 Å². The highest BCUT2D eigenvalue weighted by Crippen LogP contribution is 2.28. The summed E-state index contributed by atoms with van der Waals surface area (Å²) >= 11 is 0. The highest BCUT2D eigenvalue weighted by atomic mass is 16.5. The Balaban J connectivity index is 2.49. The number of para-hydroxylation sites is 1. The van der Waals surface area contributed by atoms with Crippen LogP contribution in [0.3, 0.4) is 0 Å². The number of hydrogen-bond acceptors (Lipinski definition) is 3. The first-order valence-corrected chi connectivity index (χ1v) is 6.99. The Labute approximate surface area is 129 Å². The summed E-state index contributed by atoms with van der Waals surface area (Å²) in [7, 11) is 0. The maximum Gasteiger partial charge on any atom is 0.336 e. The first-order valence-electron chi connectivity index (χ1n) is 6.99. The molecule has 2 rings (SSSR count). The smallest absolute Gasteiger partial charge is 0.336 e. The van der Waals surface area contributed by atoms with Crippen LogP contribution in [-0.4, -0.2) is 22.8 Å². The van der Waals surface area contributed by atoms with E-state index in [1.54, 1.807) is 36.4 Å². The van der Waals surface area contributed by atoms with Crippen molar-refractivity contribution in [3.8, 4) is 11.5 Å². The van der Waals surface area contributed by atoms with Crippen molar-refractivity contribution < 1.29 is 19.7 Å². The van der Waals surface area contributed by atoms with Crippen LogP contribution in [0.1, 0.15) is 23.6 Å². The first-order chi connectivity index (χ1) is 10.5. The highest BCUT2D eigenvalue weighted by molar-refractivity contribution is 6.21. The average molecular weight is 298 g/mol. The molecule has 2 N–H and O–H groups in total. The SMILES string of the molecule is CCOc1ccc(/C(=C/c2ccccc2O)C(=O)O)c(C)c1. The second-order valence-electron chi connectivity index (χ2n) is 4.83. The third-order valence-corrected chi connectivity index (χ3v) is 3.27. The molecule has 0 aliphatic carbocycles. The van der Waals surface area contributed by atoms with E-state index < -0.39 is 5.97 Å². The van der Waals surface area contributed by atoms with Crippen LogP contribution in [-0.2, 0) is 4.79 Å². The summed E-state index contributed by atoms with van der Waals surface area (Å²) in [5.74, 6) is -0.295. The van der Waals surface area contributed by atoms with Gasteiger partial charge in [-0.25, -0.2) is 4.79 Å². The molecule has 2 aromatic rings. The number of phenolic OH excluding ortho intramolecular Hbond substituents is 1. The summed E-state index contributed by atoms with van der Waals surface area (Å²) in [6, 6.07) is 11.9. The number of carbonyl (C=O) groups is 1. The van der Waals surface area contributed by atoms with Crippen LogP contribution in [0.15, 0.2) is 42.5 Å². The van der Waals surface area contributed by atoms with E-state index in [1.807, 2.05) is 13.8 Å². The van der Waals surface area contributed by atoms with E-state index in [9.17, 15) is 15.0 Å². The molecule has 22 heavy (non-hydrogen) atoms. The van der Waals surface area contributed by atoms with Crippen molar-refractivity contribution >= 4 is 17.6 Å². The van der Waals surface area contributed by atoms with Crippen molar-refractivity contribution in [3.05, 3.63) is 59.2 Å². The predicted octanol–water partition coefficient (Wildman–Crippen LogP) is 3.72. The highest BCUT2D eigenvalue weighted by Gasteiger charge is 2.14. The number of benzene rings is 2. The lowest BCUT2D eigenvalue weighted by molar-refractivity contribution is -0.130. The zero-order valence-corrected chi connectivity index (χ0v) is 12.5. The van der Waals surface area contributed by atoms with Crippen molar-refractivity contribution in [2.75, 3.05) is 6.61 Å². The monoisotopic (exact) mass is 298 g/mol. The van der Waals surface area contributed by atoms with Crippen molar-refractivity contribution in [1.82, 2.24) is 0 Å². The van der Waals surface area contributed by atoms with Crippen molar-refractivity contribution in [2.24, 2.45) is 0 Å². The number of aryl methyl sites for hydroxylation is 1. The molecule has 0 radical (unpaired) electrons. The van der Waals surface area contributed by atoms with Crippen LogP contribution in [0.25, 0.3) is 11.6 Å². The Hall–Kier alpha value is -2.75. The molecule has 114 valence electrons. The fourth-order valence-corrected chi connectivity index (χ4v) is 2.21. The predicted molar refractivity (Wildman–Crippen MR) is 86.0 cm³/mol. The summed E-state index contributed by atoms with van der Waals surface area (Å²) in [6.07, 6.45) is 1.47. The zero-order valence-electron chi connectivity index (χ0n) is 12.5. The summed E-state index contributed by atoms with van der Waals surface area (Å²) in [5, 5.41) is 19.3. The molecule has 0 saturated heterocycles. The van der Waals surface area contributed by atoms with Gasteiger partial charge in [0.05, 0.1) is 12.2 Å². The van der Waals surface area contributed by atoms with Crippen molar-refractivity contribution in [2.45, 2.75) is 13.8 Å². The second kappa shape index (κ2) is 6.80. The molecule has 0 aliphatic rings. The number of carboxylic acids is 1. The Morgan fingerprint density at radius 3 is 2.55 bits per heavy atom. The van der Waals surface area contributed by atoms with E-state index in [2.05, 4.69) is 0 Å². The fourth-order valence-electron chi connectivity index (χ4n) is 2.21.